The highest BCUT2D eigenvalue weighted by Crippen LogP contribution is 2.65. The van der Waals surface area contributed by atoms with E-state index in [1.165, 1.54) is 4.90 Å². The molecule has 0 unspecified atom stereocenters. The Hall–Kier alpha value is -3.41. The van der Waals surface area contributed by atoms with Crippen LogP contribution in [0.1, 0.15) is 23.7 Å². The van der Waals surface area contributed by atoms with Gasteiger partial charge in [0.15, 0.2) is 0 Å². The largest absolute Gasteiger partial charge is 0.494 e. The van der Waals surface area contributed by atoms with Crippen molar-refractivity contribution in [2.75, 3.05) is 16.8 Å². The predicted molar refractivity (Wildman–Crippen MR) is 119 cm³/mol. The van der Waals surface area contributed by atoms with E-state index in [4.69, 9.17) is 4.74 Å². The van der Waals surface area contributed by atoms with E-state index >= 15 is 0 Å². The summed E-state index contributed by atoms with van der Waals surface area (Å²) < 4.78 is 5.41. The van der Waals surface area contributed by atoms with Gasteiger partial charge in [0, 0.05) is 11.3 Å². The summed E-state index contributed by atoms with van der Waals surface area (Å²) in [6.45, 7) is 2.50. The van der Waals surface area contributed by atoms with Gasteiger partial charge in [-0.3, -0.25) is 19.3 Å². The second-order valence-corrected chi connectivity index (χ2v) is 9.12. The van der Waals surface area contributed by atoms with Crippen molar-refractivity contribution in [2.24, 2.45) is 35.5 Å². The van der Waals surface area contributed by atoms with E-state index in [0.29, 0.717) is 35.4 Å². The fourth-order valence-corrected chi connectivity index (χ4v) is 5.98. The maximum atomic E-state index is 13.2. The van der Waals surface area contributed by atoms with Gasteiger partial charge in [0.25, 0.3) is 5.91 Å². The first-order valence-electron chi connectivity index (χ1n) is 11.3. The predicted octanol–water partition coefficient (Wildman–Crippen LogP) is 3.90. The topological polar surface area (TPSA) is 75.7 Å². The Kier molecular flexibility index (Phi) is 4.25. The summed E-state index contributed by atoms with van der Waals surface area (Å²) in [6.07, 6.45) is 5.49. The van der Waals surface area contributed by atoms with Gasteiger partial charge in [-0.05, 0) is 85.5 Å². The van der Waals surface area contributed by atoms with Crippen LogP contribution >= 0.6 is 0 Å². The van der Waals surface area contributed by atoms with Crippen LogP contribution in [0.2, 0.25) is 0 Å². The summed E-state index contributed by atoms with van der Waals surface area (Å²) in [6, 6.07) is 13.9. The fraction of sp³-hybridized carbons (Fsp3) is 0.346. The van der Waals surface area contributed by atoms with Gasteiger partial charge in [-0.1, -0.05) is 12.2 Å². The molecule has 2 aromatic carbocycles. The molecule has 162 valence electrons. The van der Waals surface area contributed by atoms with Crippen molar-refractivity contribution < 1.29 is 19.1 Å². The van der Waals surface area contributed by atoms with E-state index < -0.39 is 0 Å². The van der Waals surface area contributed by atoms with Crippen molar-refractivity contribution in [3.05, 3.63) is 66.2 Å². The number of nitrogens with one attached hydrogen (secondary N) is 1. The SMILES string of the molecule is CCOc1ccc(NC(=O)c2ccc(N3C(=O)[C@H]4[C@@H]5C=C[C@@H]([C@H]6C[C@H]56)[C@@H]4C3=O)cc2)cc1. The second kappa shape index (κ2) is 7.05. The van der Waals surface area contributed by atoms with Crippen LogP contribution in [0, 0.1) is 35.5 Å². The monoisotopic (exact) mass is 428 g/mol. The van der Waals surface area contributed by atoms with Gasteiger partial charge >= 0.3 is 0 Å². The highest BCUT2D eigenvalue weighted by molar-refractivity contribution is 6.22. The number of nitrogens with zero attached hydrogens (tertiary/aromatic N) is 1. The first-order valence-corrected chi connectivity index (χ1v) is 11.3. The van der Waals surface area contributed by atoms with Crippen molar-refractivity contribution in [1.82, 2.24) is 0 Å². The molecule has 2 saturated carbocycles. The molecule has 1 N–H and O–H groups in total. The van der Waals surface area contributed by atoms with Gasteiger partial charge in [0.2, 0.25) is 11.8 Å². The molecule has 4 aliphatic carbocycles. The lowest BCUT2D eigenvalue weighted by molar-refractivity contribution is -0.124. The lowest BCUT2D eigenvalue weighted by Crippen LogP contribution is -2.40. The van der Waals surface area contributed by atoms with Crippen molar-refractivity contribution in [1.29, 1.82) is 0 Å². The number of carbonyl (C=O) groups is 3. The molecule has 2 bridgehead atoms. The van der Waals surface area contributed by atoms with Crippen LogP contribution in [-0.2, 0) is 9.59 Å². The zero-order valence-electron chi connectivity index (χ0n) is 17.7. The molecule has 1 heterocycles. The zero-order valence-corrected chi connectivity index (χ0v) is 17.7. The Morgan fingerprint density at radius 2 is 1.53 bits per heavy atom. The third-order valence-corrected chi connectivity index (χ3v) is 7.47. The summed E-state index contributed by atoms with van der Waals surface area (Å²) in [5, 5.41) is 2.85. The molecule has 6 heteroatoms. The van der Waals surface area contributed by atoms with Gasteiger partial charge in [0.1, 0.15) is 5.75 Å². The molecule has 7 rings (SSSR count). The van der Waals surface area contributed by atoms with Gasteiger partial charge in [-0.2, -0.15) is 0 Å². The number of rotatable bonds is 5. The number of anilines is 2. The molecule has 32 heavy (non-hydrogen) atoms. The van der Waals surface area contributed by atoms with Gasteiger partial charge in [-0.25, -0.2) is 0 Å². The molecular weight excluding hydrogens is 404 g/mol. The molecule has 1 aliphatic heterocycles. The van der Waals surface area contributed by atoms with E-state index in [1.54, 1.807) is 48.5 Å². The Morgan fingerprint density at radius 1 is 0.938 bits per heavy atom. The average molecular weight is 428 g/mol. The summed E-state index contributed by atoms with van der Waals surface area (Å²) in [5.74, 6) is 1.45. The molecule has 6 atom stereocenters. The highest BCUT2D eigenvalue weighted by Gasteiger charge is 2.67. The molecule has 0 aromatic heterocycles. The first-order chi connectivity index (χ1) is 15.6. The van der Waals surface area contributed by atoms with E-state index in [1.807, 2.05) is 6.92 Å². The molecule has 2 aromatic rings. The van der Waals surface area contributed by atoms with Crippen LogP contribution in [0.3, 0.4) is 0 Å². The van der Waals surface area contributed by atoms with E-state index in [0.717, 1.165) is 12.2 Å². The Morgan fingerprint density at radius 3 is 2.09 bits per heavy atom. The number of hydrogen-bond donors (Lipinski definition) is 1. The van der Waals surface area contributed by atoms with Crippen LogP contribution in [0.5, 0.6) is 5.75 Å². The summed E-state index contributed by atoms with van der Waals surface area (Å²) >= 11 is 0. The number of benzene rings is 2. The van der Waals surface area contributed by atoms with Crippen LogP contribution in [0.25, 0.3) is 0 Å². The standard InChI is InChI=1S/C26H24N2O4/c1-2-32-17-9-5-15(6-10-17)27-24(29)14-3-7-16(8-4-14)28-25(30)22-18-11-12-19(21-13-20(18)21)23(22)26(28)31/h3-12,18-23H,2,13H2,1H3,(H,27,29)/t18-,19+,20-,21-,22+,23+/m1/s1. The van der Waals surface area contributed by atoms with Crippen LogP contribution in [0.4, 0.5) is 11.4 Å². The fourth-order valence-electron chi connectivity index (χ4n) is 5.98. The molecular formula is C26H24N2O4. The number of carbonyl (C=O) groups excluding carboxylic acids is 3. The number of imide groups is 1. The van der Waals surface area contributed by atoms with E-state index in [-0.39, 0.29) is 41.4 Å². The highest BCUT2D eigenvalue weighted by atomic mass is 16.5. The average Bonchev–Trinajstić information content (AvgIpc) is 3.59. The maximum Gasteiger partial charge on any atom is 0.255 e. The van der Waals surface area contributed by atoms with Crippen molar-refractivity contribution in [2.45, 2.75) is 13.3 Å². The second-order valence-electron chi connectivity index (χ2n) is 9.12. The number of hydrogen-bond acceptors (Lipinski definition) is 4. The van der Waals surface area contributed by atoms with Crippen molar-refractivity contribution in [3.8, 4) is 5.75 Å². The molecule has 0 radical (unpaired) electrons. The minimum absolute atomic E-state index is 0.0868. The van der Waals surface area contributed by atoms with E-state index in [2.05, 4.69) is 17.5 Å². The van der Waals surface area contributed by atoms with E-state index in [9.17, 15) is 14.4 Å². The molecule has 6 nitrogen and oxygen atoms in total. The van der Waals surface area contributed by atoms with Gasteiger partial charge < -0.3 is 10.1 Å². The van der Waals surface area contributed by atoms with Crippen LogP contribution in [-0.4, -0.2) is 24.3 Å². The number of ether oxygens (including phenoxy) is 1. The minimum atomic E-state index is -0.254. The quantitative estimate of drug-likeness (QED) is 0.579. The van der Waals surface area contributed by atoms with Crippen molar-refractivity contribution in [3.63, 3.8) is 0 Å². The van der Waals surface area contributed by atoms with Gasteiger partial charge in [-0.15, -0.1) is 0 Å². The van der Waals surface area contributed by atoms with Gasteiger partial charge in [0.05, 0.1) is 24.1 Å². The molecule has 5 aliphatic rings. The van der Waals surface area contributed by atoms with Crippen molar-refractivity contribution >= 4 is 29.1 Å². The summed E-state index contributed by atoms with van der Waals surface area (Å²) in [5.41, 5.74) is 1.67. The smallest absolute Gasteiger partial charge is 0.255 e. The zero-order chi connectivity index (χ0) is 22.0. The Bertz CT molecular complexity index is 1100. The third kappa shape index (κ3) is 2.82. The summed E-state index contributed by atoms with van der Waals surface area (Å²) in [7, 11) is 0. The van der Waals surface area contributed by atoms with Crippen LogP contribution in [0.15, 0.2) is 60.7 Å². The molecule has 3 fully saturated rings. The Labute approximate surface area is 186 Å². The normalized spacial score (nSPS) is 31.3. The minimum Gasteiger partial charge on any atom is -0.494 e. The molecule has 0 spiro atoms. The summed E-state index contributed by atoms with van der Waals surface area (Å²) in [4.78, 5) is 40.4. The first kappa shape index (κ1) is 19.3. The molecule has 1 saturated heterocycles. The maximum absolute atomic E-state index is 13.2. The lowest BCUT2D eigenvalue weighted by Gasteiger charge is -2.37. The number of allylic oxidation sites excluding steroid dienone is 2. The third-order valence-electron chi connectivity index (χ3n) is 7.47. The Balaban J connectivity index is 1.18. The lowest BCUT2D eigenvalue weighted by atomic mass is 9.63. The number of amides is 3. The van der Waals surface area contributed by atoms with Crippen LogP contribution < -0.4 is 15.0 Å². The molecule has 3 amide bonds.